The summed E-state index contributed by atoms with van der Waals surface area (Å²) < 4.78 is 24.6. The van der Waals surface area contributed by atoms with Crippen molar-refractivity contribution in [1.82, 2.24) is 0 Å². The summed E-state index contributed by atoms with van der Waals surface area (Å²) in [7, 11) is -1.50. The van der Waals surface area contributed by atoms with Crippen LogP contribution in [0, 0.1) is 5.92 Å². The van der Waals surface area contributed by atoms with Gasteiger partial charge in [0.25, 0.3) is 0 Å². The van der Waals surface area contributed by atoms with Gasteiger partial charge in [0.15, 0.2) is 0 Å². The van der Waals surface area contributed by atoms with Crippen LogP contribution in [0.5, 0.6) is 0 Å². The Hall–Kier alpha value is -2.47. The van der Waals surface area contributed by atoms with E-state index in [0.717, 1.165) is 5.56 Å². The number of carbonyl (C=O) groups is 2. The number of rotatable bonds is 8. The first-order chi connectivity index (χ1) is 13.3. The molecule has 0 heterocycles. The highest BCUT2D eigenvalue weighted by Crippen LogP contribution is 2.34. The normalized spacial score (nSPS) is 16.3. The second-order valence-electron chi connectivity index (χ2n) is 6.69. The molecule has 0 aliphatic carbocycles. The molecule has 0 aliphatic rings. The Morgan fingerprint density at radius 2 is 1.32 bits per heavy atom. The monoisotopic (exact) mass is 402 g/mol. The van der Waals surface area contributed by atoms with Gasteiger partial charge in [-0.3, -0.25) is 13.8 Å². The van der Waals surface area contributed by atoms with Gasteiger partial charge in [-0.2, -0.15) is 0 Å². The highest BCUT2D eigenvalue weighted by atomic mass is 32.2. The van der Waals surface area contributed by atoms with Crippen LogP contribution in [-0.2, 0) is 29.9 Å². The van der Waals surface area contributed by atoms with E-state index in [0.29, 0.717) is 4.90 Å². The molecule has 0 bridgehead atoms. The van der Waals surface area contributed by atoms with Gasteiger partial charge in [-0.25, -0.2) is 0 Å². The van der Waals surface area contributed by atoms with Crippen molar-refractivity contribution in [3.05, 3.63) is 66.2 Å². The lowest BCUT2D eigenvalue weighted by Gasteiger charge is -2.33. The highest BCUT2D eigenvalue weighted by molar-refractivity contribution is 7.85. The average Bonchev–Trinajstić information content (AvgIpc) is 2.67. The van der Waals surface area contributed by atoms with Crippen LogP contribution in [0.25, 0.3) is 0 Å². The van der Waals surface area contributed by atoms with E-state index in [1.54, 1.807) is 19.1 Å². The van der Waals surface area contributed by atoms with Crippen LogP contribution in [-0.4, -0.2) is 27.5 Å². The lowest BCUT2D eigenvalue weighted by Crippen LogP contribution is -2.39. The summed E-state index contributed by atoms with van der Waals surface area (Å²) in [6.07, 6.45) is -1.25. The molecule has 0 aliphatic heterocycles. The highest BCUT2D eigenvalue weighted by Gasteiger charge is 2.39. The molecule has 150 valence electrons. The van der Waals surface area contributed by atoms with Crippen LogP contribution in [0.1, 0.15) is 39.4 Å². The molecule has 0 saturated heterocycles. The van der Waals surface area contributed by atoms with Crippen LogP contribution in [0.3, 0.4) is 0 Å². The van der Waals surface area contributed by atoms with Crippen molar-refractivity contribution in [3.8, 4) is 0 Å². The Morgan fingerprint density at radius 1 is 0.821 bits per heavy atom. The Bertz CT molecular complexity index is 806. The molecular formula is C22H26O5S. The molecule has 0 saturated carbocycles. The van der Waals surface area contributed by atoms with Crippen LogP contribution >= 0.6 is 0 Å². The molecule has 0 radical (unpaired) electrons. The molecule has 6 heteroatoms. The molecule has 5 unspecified atom stereocenters. The number of ether oxygens (including phenoxy) is 2. The minimum atomic E-state index is -1.50. The second kappa shape index (κ2) is 10.2. The molecule has 28 heavy (non-hydrogen) atoms. The van der Waals surface area contributed by atoms with Crippen molar-refractivity contribution in [1.29, 1.82) is 0 Å². The topological polar surface area (TPSA) is 69.7 Å². The van der Waals surface area contributed by atoms with E-state index in [9.17, 15) is 13.8 Å². The molecule has 5 atom stereocenters. The third kappa shape index (κ3) is 5.76. The second-order valence-corrected chi connectivity index (χ2v) is 8.30. The summed E-state index contributed by atoms with van der Waals surface area (Å²) in [5, 5.41) is -0.608. The number of benzene rings is 2. The van der Waals surface area contributed by atoms with Crippen molar-refractivity contribution in [2.45, 2.75) is 50.0 Å². The Kier molecular flexibility index (Phi) is 7.93. The fourth-order valence-electron chi connectivity index (χ4n) is 3.08. The summed E-state index contributed by atoms with van der Waals surface area (Å²) in [5.74, 6) is -1.21. The minimum Gasteiger partial charge on any atom is -0.463 e. The van der Waals surface area contributed by atoms with Crippen LogP contribution in [0.15, 0.2) is 65.6 Å². The molecule has 0 aromatic heterocycles. The van der Waals surface area contributed by atoms with Crippen LogP contribution < -0.4 is 0 Å². The molecule has 2 rings (SSSR count). The van der Waals surface area contributed by atoms with Crippen LogP contribution in [0.4, 0.5) is 0 Å². The smallest absolute Gasteiger partial charge is 0.303 e. The largest absolute Gasteiger partial charge is 0.463 e. The summed E-state index contributed by atoms with van der Waals surface area (Å²) in [5.41, 5.74) is 0.744. The van der Waals surface area contributed by atoms with E-state index < -0.39 is 40.2 Å². The maximum Gasteiger partial charge on any atom is 0.303 e. The third-order valence-electron chi connectivity index (χ3n) is 4.55. The zero-order valence-corrected chi connectivity index (χ0v) is 17.3. The Morgan fingerprint density at radius 3 is 1.82 bits per heavy atom. The van der Waals surface area contributed by atoms with Gasteiger partial charge in [-0.15, -0.1) is 0 Å². The lowest BCUT2D eigenvalue weighted by molar-refractivity contribution is -0.152. The van der Waals surface area contributed by atoms with E-state index in [1.807, 2.05) is 55.5 Å². The van der Waals surface area contributed by atoms with Gasteiger partial charge in [0.05, 0.1) is 16.0 Å². The van der Waals surface area contributed by atoms with Crippen molar-refractivity contribution in [2.24, 2.45) is 5.92 Å². The summed E-state index contributed by atoms with van der Waals surface area (Å²) in [6, 6.07) is 18.3. The molecule has 0 N–H and O–H groups in total. The first-order valence-corrected chi connectivity index (χ1v) is 10.4. The van der Waals surface area contributed by atoms with Gasteiger partial charge in [-0.05, 0) is 24.6 Å². The minimum absolute atomic E-state index is 0.338. The molecule has 0 amide bonds. The van der Waals surface area contributed by atoms with Crippen molar-refractivity contribution >= 4 is 22.7 Å². The average molecular weight is 403 g/mol. The number of esters is 2. The number of hydrogen-bond acceptors (Lipinski definition) is 5. The van der Waals surface area contributed by atoms with E-state index >= 15 is 0 Å². The van der Waals surface area contributed by atoms with Gasteiger partial charge in [0, 0.05) is 24.7 Å². The van der Waals surface area contributed by atoms with Gasteiger partial charge in [0.1, 0.15) is 12.2 Å². The molecule has 0 fully saturated rings. The van der Waals surface area contributed by atoms with Gasteiger partial charge < -0.3 is 9.47 Å². The van der Waals surface area contributed by atoms with Crippen molar-refractivity contribution in [2.75, 3.05) is 0 Å². The van der Waals surface area contributed by atoms with Crippen LogP contribution in [0.2, 0.25) is 0 Å². The number of carbonyl (C=O) groups excluding carboxylic acids is 2. The Labute approximate surface area is 168 Å². The van der Waals surface area contributed by atoms with Crippen molar-refractivity contribution in [3.63, 3.8) is 0 Å². The van der Waals surface area contributed by atoms with E-state index in [-0.39, 0.29) is 5.92 Å². The quantitative estimate of drug-likeness (QED) is 0.623. The molecule has 0 spiro atoms. The SMILES string of the molecule is CC(=O)OC(C)C(C)C(C(OC(C)=O)c1ccccc1)S(=O)c1ccccc1. The Balaban J connectivity index is 2.51. The summed E-state index contributed by atoms with van der Waals surface area (Å²) in [4.78, 5) is 23.9. The fourth-order valence-corrected chi connectivity index (χ4v) is 4.87. The zero-order valence-electron chi connectivity index (χ0n) is 16.5. The molecular weight excluding hydrogens is 376 g/mol. The predicted molar refractivity (Wildman–Crippen MR) is 108 cm³/mol. The molecule has 2 aromatic carbocycles. The summed E-state index contributed by atoms with van der Waals surface area (Å²) >= 11 is 0. The zero-order chi connectivity index (χ0) is 20.7. The van der Waals surface area contributed by atoms with Gasteiger partial charge in [0.2, 0.25) is 0 Å². The van der Waals surface area contributed by atoms with E-state index in [1.165, 1.54) is 13.8 Å². The van der Waals surface area contributed by atoms with Crippen molar-refractivity contribution < 1.29 is 23.3 Å². The maximum atomic E-state index is 13.6. The summed E-state index contributed by atoms with van der Waals surface area (Å²) in [6.45, 7) is 6.29. The van der Waals surface area contributed by atoms with E-state index in [2.05, 4.69) is 0 Å². The molecule has 5 nitrogen and oxygen atoms in total. The molecule has 2 aromatic rings. The lowest BCUT2D eigenvalue weighted by atomic mass is 9.93. The van der Waals surface area contributed by atoms with E-state index in [4.69, 9.17) is 9.47 Å². The first kappa shape index (κ1) is 21.8. The van der Waals surface area contributed by atoms with Gasteiger partial charge in [-0.1, -0.05) is 55.5 Å². The predicted octanol–water partition coefficient (Wildman–Crippen LogP) is 4.05. The van der Waals surface area contributed by atoms with Gasteiger partial charge >= 0.3 is 11.9 Å². The maximum absolute atomic E-state index is 13.6. The first-order valence-electron chi connectivity index (χ1n) is 9.16. The number of hydrogen-bond donors (Lipinski definition) is 0. The fraction of sp³-hybridized carbons (Fsp3) is 0.364. The standard InChI is InChI=1S/C22H26O5S/c1-15(16(2)26-17(3)23)22(28(25)20-13-9-6-10-14-20)21(27-18(4)24)19-11-7-5-8-12-19/h5-16,21-22H,1-4H3. The third-order valence-corrected chi connectivity index (χ3v) is 6.46.